The third-order valence-corrected chi connectivity index (χ3v) is 8.15. The molecule has 2 aliphatic rings. The van der Waals surface area contributed by atoms with Gasteiger partial charge in [0.1, 0.15) is 0 Å². The van der Waals surface area contributed by atoms with E-state index in [0.717, 1.165) is 17.8 Å². The maximum Gasteiger partial charge on any atom is -0.0241 e. The SMILES string of the molecule is CCCCCc1ccc(CCC2=CCC(C3CCC(CCCCC)CC3)CC2)cc1. The van der Waals surface area contributed by atoms with Crippen molar-refractivity contribution in [1.29, 1.82) is 0 Å². The lowest BCUT2D eigenvalue weighted by Crippen LogP contribution is -2.23. The summed E-state index contributed by atoms with van der Waals surface area (Å²) in [4.78, 5) is 0. The predicted molar refractivity (Wildman–Crippen MR) is 133 cm³/mol. The Morgan fingerprint density at radius 2 is 1.33 bits per heavy atom. The first-order valence-electron chi connectivity index (χ1n) is 13.5. The van der Waals surface area contributed by atoms with E-state index >= 15 is 0 Å². The Bertz CT molecular complexity index is 599. The van der Waals surface area contributed by atoms with Crippen molar-refractivity contribution in [2.24, 2.45) is 17.8 Å². The standard InChI is InChI=1S/C30H48/c1-3-5-7-9-25-11-13-27(14-12-25)15-16-28-19-23-30(24-20-28)29-21-17-26(18-22-29)10-8-6-4-2/h11-14,19,26,29-30H,3-10,15-18,20-24H2,1-2H3. The zero-order valence-electron chi connectivity index (χ0n) is 20.1. The number of rotatable bonds is 12. The molecule has 0 radical (unpaired) electrons. The Balaban J connectivity index is 1.34. The Kier molecular flexibility index (Phi) is 10.5. The maximum atomic E-state index is 2.64. The minimum Gasteiger partial charge on any atom is -0.0850 e. The van der Waals surface area contributed by atoms with Gasteiger partial charge in [0.15, 0.2) is 0 Å². The summed E-state index contributed by atoms with van der Waals surface area (Å²) in [6, 6.07) is 9.50. The van der Waals surface area contributed by atoms with Crippen molar-refractivity contribution in [3.8, 4) is 0 Å². The van der Waals surface area contributed by atoms with Crippen molar-refractivity contribution in [2.75, 3.05) is 0 Å². The molecule has 168 valence electrons. The Morgan fingerprint density at radius 1 is 0.667 bits per heavy atom. The number of aryl methyl sites for hydroxylation is 2. The van der Waals surface area contributed by atoms with E-state index in [0.29, 0.717) is 0 Å². The molecular formula is C30H48. The van der Waals surface area contributed by atoms with Crippen LogP contribution in [0.3, 0.4) is 0 Å². The molecule has 0 heterocycles. The molecule has 0 spiro atoms. The van der Waals surface area contributed by atoms with Gasteiger partial charge in [0, 0.05) is 0 Å². The number of benzene rings is 1. The quantitative estimate of drug-likeness (QED) is 0.238. The zero-order valence-corrected chi connectivity index (χ0v) is 20.1. The fraction of sp³-hybridized carbons (Fsp3) is 0.733. The van der Waals surface area contributed by atoms with Gasteiger partial charge in [-0.15, -0.1) is 0 Å². The highest BCUT2D eigenvalue weighted by molar-refractivity contribution is 5.24. The van der Waals surface area contributed by atoms with Crippen molar-refractivity contribution >= 4 is 0 Å². The number of unbranched alkanes of at least 4 members (excludes halogenated alkanes) is 4. The van der Waals surface area contributed by atoms with E-state index in [1.807, 2.05) is 0 Å². The van der Waals surface area contributed by atoms with Gasteiger partial charge in [-0.3, -0.25) is 0 Å². The van der Waals surface area contributed by atoms with Crippen LogP contribution in [-0.4, -0.2) is 0 Å². The van der Waals surface area contributed by atoms with E-state index in [1.165, 1.54) is 120 Å². The van der Waals surface area contributed by atoms with Crippen LogP contribution in [0.4, 0.5) is 0 Å². The van der Waals surface area contributed by atoms with E-state index in [2.05, 4.69) is 44.2 Å². The lowest BCUT2D eigenvalue weighted by Gasteiger charge is -2.35. The third-order valence-electron chi connectivity index (χ3n) is 8.15. The maximum absolute atomic E-state index is 2.64. The summed E-state index contributed by atoms with van der Waals surface area (Å²) >= 11 is 0. The first-order chi connectivity index (χ1) is 14.8. The van der Waals surface area contributed by atoms with E-state index in [9.17, 15) is 0 Å². The molecule has 0 aliphatic heterocycles. The monoisotopic (exact) mass is 408 g/mol. The molecule has 1 fully saturated rings. The van der Waals surface area contributed by atoms with Gasteiger partial charge < -0.3 is 0 Å². The fourth-order valence-electron chi connectivity index (χ4n) is 5.95. The molecule has 30 heavy (non-hydrogen) atoms. The average Bonchev–Trinajstić information content (AvgIpc) is 2.80. The predicted octanol–water partition coefficient (Wildman–Crippen LogP) is 9.47. The van der Waals surface area contributed by atoms with Crippen LogP contribution < -0.4 is 0 Å². The topological polar surface area (TPSA) is 0 Å². The molecule has 1 saturated carbocycles. The van der Waals surface area contributed by atoms with Crippen LogP contribution in [0.2, 0.25) is 0 Å². The van der Waals surface area contributed by atoms with Crippen LogP contribution in [0.1, 0.15) is 121 Å². The highest BCUT2D eigenvalue weighted by Gasteiger charge is 2.28. The molecule has 0 nitrogen and oxygen atoms in total. The molecule has 2 aliphatic carbocycles. The van der Waals surface area contributed by atoms with Gasteiger partial charge in [0.25, 0.3) is 0 Å². The summed E-state index contributed by atoms with van der Waals surface area (Å²) in [5, 5.41) is 0. The number of hydrogen-bond acceptors (Lipinski definition) is 0. The van der Waals surface area contributed by atoms with Gasteiger partial charge in [-0.25, -0.2) is 0 Å². The molecule has 1 aromatic rings. The van der Waals surface area contributed by atoms with Crippen molar-refractivity contribution in [1.82, 2.24) is 0 Å². The molecule has 0 N–H and O–H groups in total. The Labute approximate surface area is 187 Å². The van der Waals surface area contributed by atoms with Gasteiger partial charge in [0.05, 0.1) is 0 Å². The highest BCUT2D eigenvalue weighted by Crippen LogP contribution is 2.41. The summed E-state index contributed by atoms with van der Waals surface area (Å²) in [7, 11) is 0. The second kappa shape index (κ2) is 13.4. The van der Waals surface area contributed by atoms with Gasteiger partial charge in [0.2, 0.25) is 0 Å². The highest BCUT2D eigenvalue weighted by atomic mass is 14.3. The molecule has 0 heteroatoms. The molecule has 1 unspecified atom stereocenters. The van der Waals surface area contributed by atoms with Crippen molar-refractivity contribution in [3.63, 3.8) is 0 Å². The normalized spacial score (nSPS) is 24.6. The summed E-state index contributed by atoms with van der Waals surface area (Å²) in [5.74, 6) is 3.08. The van der Waals surface area contributed by atoms with E-state index < -0.39 is 0 Å². The molecule has 3 rings (SSSR count). The second-order valence-corrected chi connectivity index (χ2v) is 10.4. The second-order valence-electron chi connectivity index (χ2n) is 10.4. The summed E-state index contributed by atoms with van der Waals surface area (Å²) in [6.45, 7) is 4.61. The van der Waals surface area contributed by atoms with Crippen LogP contribution in [0.15, 0.2) is 35.9 Å². The van der Waals surface area contributed by atoms with Crippen LogP contribution in [0.5, 0.6) is 0 Å². The van der Waals surface area contributed by atoms with Crippen molar-refractivity contribution in [2.45, 2.75) is 123 Å². The molecule has 1 aromatic carbocycles. The van der Waals surface area contributed by atoms with E-state index in [4.69, 9.17) is 0 Å². The van der Waals surface area contributed by atoms with Crippen LogP contribution in [0.25, 0.3) is 0 Å². The molecule has 0 saturated heterocycles. The molecule has 0 aromatic heterocycles. The third kappa shape index (κ3) is 7.90. The molecule has 1 atom stereocenters. The van der Waals surface area contributed by atoms with Gasteiger partial charge in [-0.2, -0.15) is 0 Å². The smallest absolute Gasteiger partial charge is 0.0241 e. The average molecular weight is 409 g/mol. The zero-order chi connectivity index (χ0) is 21.0. The summed E-state index contributed by atoms with van der Waals surface area (Å²) < 4.78 is 0. The molecular weight excluding hydrogens is 360 g/mol. The molecule has 0 bridgehead atoms. The van der Waals surface area contributed by atoms with E-state index in [1.54, 1.807) is 5.57 Å². The van der Waals surface area contributed by atoms with Crippen molar-refractivity contribution in [3.05, 3.63) is 47.0 Å². The number of hydrogen-bond donors (Lipinski definition) is 0. The van der Waals surface area contributed by atoms with Crippen LogP contribution in [-0.2, 0) is 12.8 Å². The minimum atomic E-state index is 0.993. The minimum absolute atomic E-state index is 0.993. The largest absolute Gasteiger partial charge is 0.0850 e. The van der Waals surface area contributed by atoms with Crippen LogP contribution in [0, 0.1) is 17.8 Å². The van der Waals surface area contributed by atoms with Gasteiger partial charge in [-0.1, -0.05) is 101 Å². The number of allylic oxidation sites excluding steroid dienone is 2. The molecule has 0 amide bonds. The lowest BCUT2D eigenvalue weighted by molar-refractivity contribution is 0.185. The lowest BCUT2D eigenvalue weighted by atomic mass is 9.70. The first kappa shape index (κ1) is 23.6. The van der Waals surface area contributed by atoms with Gasteiger partial charge in [-0.05, 0) is 86.7 Å². The Morgan fingerprint density at radius 3 is 1.97 bits per heavy atom. The first-order valence-corrected chi connectivity index (χ1v) is 13.5. The van der Waals surface area contributed by atoms with Crippen molar-refractivity contribution < 1.29 is 0 Å². The fourth-order valence-corrected chi connectivity index (χ4v) is 5.95. The summed E-state index contributed by atoms with van der Waals surface area (Å²) in [5.41, 5.74) is 4.79. The van der Waals surface area contributed by atoms with E-state index in [-0.39, 0.29) is 0 Å². The Hall–Kier alpha value is -1.04. The summed E-state index contributed by atoms with van der Waals surface area (Å²) in [6.07, 6.45) is 26.5. The van der Waals surface area contributed by atoms with Crippen LogP contribution >= 0.6 is 0 Å². The van der Waals surface area contributed by atoms with Gasteiger partial charge >= 0.3 is 0 Å².